The molecule has 1 aliphatic heterocycles. The van der Waals surface area contributed by atoms with Crippen LogP contribution in [0.3, 0.4) is 0 Å². The Kier molecular flexibility index (Phi) is 6.89. The van der Waals surface area contributed by atoms with Crippen molar-refractivity contribution in [3.63, 3.8) is 0 Å². The SMILES string of the molecule is O=C(Nc1ccc(Cl)cc1Cl)C1CCN(S(=O)(=O)Cc2ccccc2Cl)CC1. The number of piperidine rings is 1. The molecule has 2 aromatic carbocycles. The number of halogens is 3. The van der Waals surface area contributed by atoms with E-state index in [0.717, 1.165) is 0 Å². The van der Waals surface area contributed by atoms with Crippen LogP contribution in [0.2, 0.25) is 15.1 Å². The molecular formula is C19H19Cl3N2O3S. The van der Waals surface area contributed by atoms with Crippen molar-refractivity contribution in [2.75, 3.05) is 18.4 Å². The molecule has 2 aromatic rings. The van der Waals surface area contributed by atoms with Crippen LogP contribution < -0.4 is 5.32 Å². The smallest absolute Gasteiger partial charge is 0.227 e. The molecular weight excluding hydrogens is 443 g/mol. The Hall–Kier alpha value is -1.31. The normalized spacial score (nSPS) is 16.1. The second-order valence-corrected chi connectivity index (χ2v) is 9.85. The molecule has 0 spiro atoms. The molecule has 0 aromatic heterocycles. The Labute approximate surface area is 179 Å². The molecule has 1 amide bonds. The van der Waals surface area contributed by atoms with E-state index in [9.17, 15) is 13.2 Å². The molecule has 0 bridgehead atoms. The third-order valence-electron chi connectivity index (χ3n) is 4.70. The standard InChI is InChI=1S/C19H19Cl3N2O3S/c20-15-5-6-18(17(22)11-15)23-19(25)13-7-9-24(10-8-13)28(26,27)12-14-3-1-2-4-16(14)21/h1-6,11,13H,7-10,12H2,(H,23,25). The molecule has 0 unspecified atom stereocenters. The average molecular weight is 462 g/mol. The quantitative estimate of drug-likeness (QED) is 0.693. The largest absolute Gasteiger partial charge is 0.325 e. The minimum absolute atomic E-state index is 0.149. The predicted octanol–water partition coefficient (Wildman–Crippen LogP) is 4.83. The van der Waals surface area contributed by atoms with E-state index in [1.54, 1.807) is 42.5 Å². The highest BCUT2D eigenvalue weighted by Crippen LogP contribution is 2.28. The first-order valence-corrected chi connectivity index (χ1v) is 11.5. The van der Waals surface area contributed by atoms with Crippen molar-refractivity contribution < 1.29 is 13.2 Å². The van der Waals surface area contributed by atoms with E-state index in [0.29, 0.717) is 52.2 Å². The van der Waals surface area contributed by atoms with Gasteiger partial charge in [0.05, 0.1) is 16.5 Å². The van der Waals surface area contributed by atoms with Crippen LogP contribution in [0.15, 0.2) is 42.5 Å². The van der Waals surface area contributed by atoms with Gasteiger partial charge in [-0.05, 0) is 42.7 Å². The number of anilines is 1. The van der Waals surface area contributed by atoms with Crippen molar-refractivity contribution in [2.24, 2.45) is 5.92 Å². The number of hydrogen-bond acceptors (Lipinski definition) is 3. The van der Waals surface area contributed by atoms with Crippen LogP contribution >= 0.6 is 34.8 Å². The first-order valence-electron chi connectivity index (χ1n) is 8.73. The molecule has 1 fully saturated rings. The summed E-state index contributed by atoms with van der Waals surface area (Å²) in [6, 6.07) is 11.7. The van der Waals surface area contributed by atoms with Gasteiger partial charge in [-0.2, -0.15) is 0 Å². The molecule has 0 atom stereocenters. The summed E-state index contributed by atoms with van der Waals surface area (Å²) in [6.45, 7) is 0.582. The highest BCUT2D eigenvalue weighted by Gasteiger charge is 2.31. The van der Waals surface area contributed by atoms with Gasteiger partial charge >= 0.3 is 0 Å². The number of nitrogens with one attached hydrogen (secondary N) is 1. The van der Waals surface area contributed by atoms with Gasteiger partial charge in [0.25, 0.3) is 0 Å². The van der Waals surface area contributed by atoms with Crippen molar-refractivity contribution in [3.8, 4) is 0 Å². The second kappa shape index (κ2) is 9.01. The molecule has 3 rings (SSSR count). The molecule has 1 heterocycles. The summed E-state index contributed by atoms with van der Waals surface area (Å²) in [5.74, 6) is -0.602. The number of rotatable bonds is 5. The van der Waals surface area contributed by atoms with Crippen LogP contribution in [0.25, 0.3) is 0 Å². The van der Waals surface area contributed by atoms with Gasteiger partial charge in [-0.25, -0.2) is 12.7 Å². The van der Waals surface area contributed by atoms with E-state index >= 15 is 0 Å². The Bertz CT molecular complexity index is 974. The number of amides is 1. The van der Waals surface area contributed by atoms with Gasteiger partial charge in [0, 0.05) is 29.1 Å². The predicted molar refractivity (Wildman–Crippen MR) is 113 cm³/mol. The van der Waals surface area contributed by atoms with E-state index in [2.05, 4.69) is 5.32 Å². The van der Waals surface area contributed by atoms with Crippen molar-refractivity contribution in [2.45, 2.75) is 18.6 Å². The van der Waals surface area contributed by atoms with E-state index in [4.69, 9.17) is 34.8 Å². The van der Waals surface area contributed by atoms with Crippen molar-refractivity contribution in [1.29, 1.82) is 0 Å². The van der Waals surface area contributed by atoms with E-state index in [1.807, 2.05) is 0 Å². The second-order valence-electron chi connectivity index (χ2n) is 6.63. The summed E-state index contributed by atoms with van der Waals surface area (Å²) in [6.07, 6.45) is 0.886. The van der Waals surface area contributed by atoms with Crippen LogP contribution in [0.1, 0.15) is 18.4 Å². The molecule has 5 nitrogen and oxygen atoms in total. The van der Waals surface area contributed by atoms with Gasteiger partial charge < -0.3 is 5.32 Å². The fraction of sp³-hybridized carbons (Fsp3) is 0.316. The monoisotopic (exact) mass is 460 g/mol. The van der Waals surface area contributed by atoms with Crippen molar-refractivity contribution in [1.82, 2.24) is 4.31 Å². The molecule has 1 saturated heterocycles. The third kappa shape index (κ3) is 5.19. The van der Waals surface area contributed by atoms with Gasteiger partial charge in [-0.15, -0.1) is 0 Å². The zero-order chi connectivity index (χ0) is 20.3. The zero-order valence-electron chi connectivity index (χ0n) is 14.9. The molecule has 1 aliphatic rings. The van der Waals surface area contributed by atoms with E-state index in [-0.39, 0.29) is 17.6 Å². The molecule has 0 aliphatic carbocycles. The lowest BCUT2D eigenvalue weighted by Crippen LogP contribution is -2.41. The Morgan fingerprint density at radius 1 is 1.04 bits per heavy atom. The Balaban J connectivity index is 1.59. The summed E-state index contributed by atoms with van der Waals surface area (Å²) < 4.78 is 26.8. The van der Waals surface area contributed by atoms with E-state index < -0.39 is 10.0 Å². The number of carbonyl (C=O) groups excluding carboxylic acids is 1. The van der Waals surface area contributed by atoms with Gasteiger partial charge in [0.1, 0.15) is 0 Å². The maximum atomic E-state index is 12.7. The van der Waals surface area contributed by atoms with Gasteiger partial charge in [0.2, 0.25) is 15.9 Å². The molecule has 0 radical (unpaired) electrons. The van der Waals surface area contributed by atoms with Crippen LogP contribution in [-0.4, -0.2) is 31.7 Å². The molecule has 28 heavy (non-hydrogen) atoms. The average Bonchev–Trinajstić information content (AvgIpc) is 2.66. The van der Waals surface area contributed by atoms with Crippen LogP contribution in [-0.2, 0) is 20.6 Å². The topological polar surface area (TPSA) is 66.5 Å². The van der Waals surface area contributed by atoms with Gasteiger partial charge in [0.15, 0.2) is 0 Å². The van der Waals surface area contributed by atoms with Crippen LogP contribution in [0.5, 0.6) is 0 Å². The maximum Gasteiger partial charge on any atom is 0.227 e. The number of sulfonamides is 1. The molecule has 150 valence electrons. The molecule has 0 saturated carbocycles. The van der Waals surface area contributed by atoms with Gasteiger partial charge in [-0.1, -0.05) is 53.0 Å². The van der Waals surface area contributed by atoms with Crippen molar-refractivity contribution >= 4 is 56.4 Å². The minimum atomic E-state index is -3.50. The fourth-order valence-corrected chi connectivity index (χ4v) is 5.46. The number of hydrogen-bond donors (Lipinski definition) is 1. The summed E-state index contributed by atoms with van der Waals surface area (Å²) >= 11 is 18.0. The highest BCUT2D eigenvalue weighted by molar-refractivity contribution is 7.88. The summed E-state index contributed by atoms with van der Waals surface area (Å²) in [7, 11) is -3.50. The minimum Gasteiger partial charge on any atom is -0.325 e. The highest BCUT2D eigenvalue weighted by atomic mass is 35.5. The summed E-state index contributed by atoms with van der Waals surface area (Å²) in [5, 5.41) is 4.07. The lowest BCUT2D eigenvalue weighted by Gasteiger charge is -2.30. The lowest BCUT2D eigenvalue weighted by atomic mass is 9.97. The van der Waals surface area contributed by atoms with Crippen LogP contribution in [0.4, 0.5) is 5.69 Å². The first kappa shape index (κ1) is 21.4. The maximum absolute atomic E-state index is 12.7. The Morgan fingerprint density at radius 2 is 1.71 bits per heavy atom. The Morgan fingerprint density at radius 3 is 2.36 bits per heavy atom. The lowest BCUT2D eigenvalue weighted by molar-refractivity contribution is -0.120. The van der Waals surface area contributed by atoms with E-state index in [1.165, 1.54) is 4.31 Å². The molecule has 9 heteroatoms. The van der Waals surface area contributed by atoms with Crippen LogP contribution in [0, 0.1) is 5.92 Å². The number of nitrogens with zero attached hydrogens (tertiary/aromatic N) is 1. The summed E-state index contributed by atoms with van der Waals surface area (Å²) in [5.41, 5.74) is 1.06. The number of carbonyl (C=O) groups is 1. The van der Waals surface area contributed by atoms with Crippen molar-refractivity contribution in [3.05, 3.63) is 63.1 Å². The molecule has 1 N–H and O–H groups in total. The number of benzene rings is 2. The zero-order valence-corrected chi connectivity index (χ0v) is 18.0. The van der Waals surface area contributed by atoms with Gasteiger partial charge in [-0.3, -0.25) is 4.79 Å². The first-order chi connectivity index (χ1) is 13.3. The summed E-state index contributed by atoms with van der Waals surface area (Å²) in [4.78, 5) is 12.5. The fourth-order valence-electron chi connectivity index (χ4n) is 3.13. The third-order valence-corrected chi connectivity index (χ3v) is 7.45.